The number of aryl methyl sites for hydroxylation is 1. The molecule has 0 spiro atoms. The van der Waals surface area contributed by atoms with Crippen molar-refractivity contribution in [3.05, 3.63) is 29.3 Å². The molecule has 0 bridgehead atoms. The van der Waals surface area contributed by atoms with Crippen LogP contribution in [0.5, 0.6) is 5.75 Å². The van der Waals surface area contributed by atoms with E-state index in [0.717, 1.165) is 19.3 Å². The smallest absolute Gasteiger partial charge is 0.410 e. The van der Waals surface area contributed by atoms with Gasteiger partial charge >= 0.3 is 12.1 Å². The van der Waals surface area contributed by atoms with Gasteiger partial charge in [0.05, 0.1) is 11.6 Å². The minimum absolute atomic E-state index is 0.0711. The van der Waals surface area contributed by atoms with E-state index in [1.807, 2.05) is 20.8 Å². The number of hydrogen-bond donors (Lipinski definition) is 1. The molecule has 6 heteroatoms. The summed E-state index contributed by atoms with van der Waals surface area (Å²) in [5.74, 6) is -0.478. The molecule has 0 aliphatic carbocycles. The third-order valence-electron chi connectivity index (χ3n) is 4.14. The highest BCUT2D eigenvalue weighted by atomic mass is 16.6. The van der Waals surface area contributed by atoms with E-state index in [1.54, 1.807) is 24.0 Å². The summed E-state index contributed by atoms with van der Waals surface area (Å²) in [6, 6.07) is 4.93. The van der Waals surface area contributed by atoms with Crippen LogP contribution in [0.15, 0.2) is 18.2 Å². The van der Waals surface area contributed by atoms with Crippen LogP contribution in [0.4, 0.5) is 4.79 Å². The van der Waals surface area contributed by atoms with Crippen LogP contribution in [0.25, 0.3) is 0 Å². The molecule has 0 aromatic heterocycles. The van der Waals surface area contributed by atoms with Crippen molar-refractivity contribution < 1.29 is 24.2 Å². The Balaban J connectivity index is 2.03. The van der Waals surface area contributed by atoms with E-state index in [9.17, 15) is 14.7 Å². The fraction of sp³-hybridized carbons (Fsp3) is 0.579. The number of likely N-dealkylation sites (tertiary alicyclic amines) is 1. The van der Waals surface area contributed by atoms with Crippen LogP contribution in [-0.2, 0) is 4.74 Å². The zero-order valence-corrected chi connectivity index (χ0v) is 15.4. The molecule has 1 N–H and O–H groups in total. The molecule has 2 rings (SSSR count). The summed E-state index contributed by atoms with van der Waals surface area (Å²) in [6.45, 7) is 8.26. The van der Waals surface area contributed by atoms with E-state index in [-0.39, 0.29) is 17.7 Å². The number of carbonyl (C=O) groups is 2. The van der Waals surface area contributed by atoms with E-state index in [2.05, 4.69) is 0 Å². The SMILES string of the molecule is Cc1ccc(OC[C@@H]2CCCCN2C(=O)OC(C)(C)C)cc1C(=O)O. The van der Waals surface area contributed by atoms with Gasteiger partial charge in [-0.25, -0.2) is 9.59 Å². The minimum Gasteiger partial charge on any atom is -0.491 e. The number of aromatic carboxylic acids is 1. The van der Waals surface area contributed by atoms with Crippen molar-refractivity contribution in [1.82, 2.24) is 4.90 Å². The predicted octanol–water partition coefficient (Wildman–Crippen LogP) is 3.86. The number of benzene rings is 1. The van der Waals surface area contributed by atoms with Crippen LogP contribution in [0.1, 0.15) is 56.0 Å². The maximum atomic E-state index is 12.4. The first-order valence-electron chi connectivity index (χ1n) is 8.64. The molecule has 1 fully saturated rings. The van der Waals surface area contributed by atoms with Crippen molar-refractivity contribution in [2.45, 2.75) is 58.6 Å². The van der Waals surface area contributed by atoms with Crippen molar-refractivity contribution in [2.24, 2.45) is 0 Å². The summed E-state index contributed by atoms with van der Waals surface area (Å²) < 4.78 is 11.3. The zero-order valence-electron chi connectivity index (χ0n) is 15.4. The van der Waals surface area contributed by atoms with Gasteiger partial charge in [0.2, 0.25) is 0 Å². The Bertz CT molecular complexity index is 635. The minimum atomic E-state index is -0.976. The summed E-state index contributed by atoms with van der Waals surface area (Å²) in [7, 11) is 0. The standard InChI is InChI=1S/C19H27NO5/c1-13-8-9-15(11-16(13)17(21)22)24-12-14-7-5-6-10-20(14)18(23)25-19(2,3)4/h8-9,11,14H,5-7,10,12H2,1-4H3,(H,21,22)/t14-/m0/s1. The summed E-state index contributed by atoms with van der Waals surface area (Å²) in [5.41, 5.74) is 0.380. The largest absolute Gasteiger partial charge is 0.491 e. The first-order chi connectivity index (χ1) is 11.7. The molecule has 138 valence electrons. The average molecular weight is 349 g/mol. The van der Waals surface area contributed by atoms with Gasteiger partial charge in [0.25, 0.3) is 0 Å². The number of ether oxygens (including phenoxy) is 2. The number of carbonyl (C=O) groups excluding carboxylic acids is 1. The predicted molar refractivity (Wildman–Crippen MR) is 94.2 cm³/mol. The number of nitrogens with zero attached hydrogens (tertiary/aromatic N) is 1. The quantitative estimate of drug-likeness (QED) is 0.893. The van der Waals surface area contributed by atoms with Crippen LogP contribution >= 0.6 is 0 Å². The van der Waals surface area contributed by atoms with Crippen molar-refractivity contribution in [2.75, 3.05) is 13.2 Å². The molecule has 6 nitrogen and oxygen atoms in total. The Hall–Kier alpha value is -2.24. The van der Waals surface area contributed by atoms with Gasteiger partial charge in [0.1, 0.15) is 18.0 Å². The monoisotopic (exact) mass is 349 g/mol. The third-order valence-corrected chi connectivity index (χ3v) is 4.14. The second-order valence-corrected chi connectivity index (χ2v) is 7.42. The van der Waals surface area contributed by atoms with Crippen molar-refractivity contribution in [3.8, 4) is 5.75 Å². The Morgan fingerprint density at radius 3 is 2.64 bits per heavy atom. The summed E-state index contributed by atoms with van der Waals surface area (Å²) >= 11 is 0. The highest BCUT2D eigenvalue weighted by Crippen LogP contribution is 2.23. The normalized spacial score (nSPS) is 17.9. The molecule has 25 heavy (non-hydrogen) atoms. The molecule has 1 amide bonds. The van der Waals surface area contributed by atoms with E-state index in [0.29, 0.717) is 24.5 Å². The van der Waals surface area contributed by atoms with Gasteiger partial charge in [0, 0.05) is 6.54 Å². The number of rotatable bonds is 4. The van der Waals surface area contributed by atoms with Gasteiger partial charge in [-0.3, -0.25) is 0 Å². The molecular formula is C19H27NO5. The summed E-state index contributed by atoms with van der Waals surface area (Å²) in [4.78, 5) is 25.3. The first-order valence-corrected chi connectivity index (χ1v) is 8.64. The lowest BCUT2D eigenvalue weighted by atomic mass is 10.0. The number of piperidine rings is 1. The first kappa shape index (κ1) is 19.1. The van der Waals surface area contributed by atoms with Crippen molar-refractivity contribution >= 4 is 12.1 Å². The highest BCUT2D eigenvalue weighted by molar-refractivity contribution is 5.89. The lowest BCUT2D eigenvalue weighted by Gasteiger charge is -2.36. The molecule has 0 unspecified atom stereocenters. The van der Waals surface area contributed by atoms with Crippen LogP contribution in [0.3, 0.4) is 0 Å². The number of amides is 1. The Morgan fingerprint density at radius 1 is 1.28 bits per heavy atom. The summed E-state index contributed by atoms with van der Waals surface area (Å²) in [5, 5.41) is 9.21. The van der Waals surface area contributed by atoms with Gasteiger partial charge in [0.15, 0.2) is 0 Å². The van der Waals surface area contributed by atoms with Crippen LogP contribution in [0.2, 0.25) is 0 Å². The lowest BCUT2D eigenvalue weighted by Crippen LogP contribution is -2.48. The fourth-order valence-electron chi connectivity index (χ4n) is 2.85. The average Bonchev–Trinajstić information content (AvgIpc) is 2.52. The molecule has 0 radical (unpaired) electrons. The van der Waals surface area contributed by atoms with E-state index < -0.39 is 11.6 Å². The highest BCUT2D eigenvalue weighted by Gasteiger charge is 2.30. The third kappa shape index (κ3) is 5.37. The molecule has 0 saturated carbocycles. The fourth-order valence-corrected chi connectivity index (χ4v) is 2.85. The lowest BCUT2D eigenvalue weighted by molar-refractivity contribution is 0.00360. The second-order valence-electron chi connectivity index (χ2n) is 7.42. The maximum Gasteiger partial charge on any atom is 0.410 e. The van der Waals surface area contributed by atoms with E-state index in [4.69, 9.17) is 9.47 Å². The van der Waals surface area contributed by atoms with E-state index in [1.165, 1.54) is 6.07 Å². The Labute approximate surface area is 148 Å². The molecule has 1 aromatic rings. The molecule has 1 aliphatic heterocycles. The maximum absolute atomic E-state index is 12.4. The Kier molecular flexibility index (Phi) is 5.93. The van der Waals surface area contributed by atoms with E-state index >= 15 is 0 Å². The van der Waals surface area contributed by atoms with Gasteiger partial charge < -0.3 is 19.5 Å². The summed E-state index contributed by atoms with van der Waals surface area (Å²) in [6.07, 6.45) is 2.50. The molecule has 1 saturated heterocycles. The van der Waals surface area contributed by atoms with Gasteiger partial charge in [-0.15, -0.1) is 0 Å². The van der Waals surface area contributed by atoms with Crippen LogP contribution in [-0.4, -0.2) is 46.9 Å². The van der Waals surface area contributed by atoms with Gasteiger partial charge in [-0.2, -0.15) is 0 Å². The van der Waals surface area contributed by atoms with Crippen LogP contribution < -0.4 is 4.74 Å². The topological polar surface area (TPSA) is 76.1 Å². The molecular weight excluding hydrogens is 322 g/mol. The van der Waals surface area contributed by atoms with Crippen molar-refractivity contribution in [3.63, 3.8) is 0 Å². The molecule has 1 aromatic carbocycles. The molecule has 1 atom stereocenters. The number of carboxylic acids is 1. The van der Waals surface area contributed by atoms with Crippen LogP contribution in [0, 0.1) is 6.92 Å². The van der Waals surface area contributed by atoms with Gasteiger partial charge in [-0.1, -0.05) is 6.07 Å². The number of hydrogen-bond acceptors (Lipinski definition) is 4. The Morgan fingerprint density at radius 2 is 2.00 bits per heavy atom. The zero-order chi connectivity index (χ0) is 18.6. The molecule has 1 heterocycles. The number of carboxylic acid groups (broad SMARTS) is 1. The second kappa shape index (κ2) is 7.76. The molecule has 1 aliphatic rings. The van der Waals surface area contributed by atoms with Crippen molar-refractivity contribution in [1.29, 1.82) is 0 Å². The van der Waals surface area contributed by atoms with Gasteiger partial charge in [-0.05, 0) is 64.7 Å².